The molecule has 1 atom stereocenters. The van der Waals surface area contributed by atoms with E-state index in [-0.39, 0.29) is 0 Å². The largest absolute Gasteiger partial charge is 0.497 e. The van der Waals surface area contributed by atoms with E-state index in [1.807, 2.05) is 12.1 Å². The van der Waals surface area contributed by atoms with Crippen LogP contribution >= 0.6 is 0 Å². The van der Waals surface area contributed by atoms with Crippen LogP contribution in [0.4, 0.5) is 0 Å². The van der Waals surface area contributed by atoms with Crippen LogP contribution in [0.1, 0.15) is 24.6 Å². The molecule has 18 heavy (non-hydrogen) atoms. The molecule has 1 aromatic heterocycles. The molecule has 2 heterocycles. The van der Waals surface area contributed by atoms with Crippen molar-refractivity contribution < 1.29 is 4.74 Å². The molecule has 2 aromatic rings. The fraction of sp³-hybridized carbons (Fsp3) is 0.500. The number of nitrogens with one attached hydrogen (secondary N) is 1. The quantitative estimate of drug-likeness (QED) is 0.880. The number of hydrogen-bond acceptors (Lipinski definition) is 3. The van der Waals surface area contributed by atoms with E-state index in [2.05, 4.69) is 23.0 Å². The fourth-order valence-electron chi connectivity index (χ4n) is 2.76. The third-order valence-corrected chi connectivity index (χ3v) is 3.78. The third kappa shape index (κ3) is 1.86. The van der Waals surface area contributed by atoms with Gasteiger partial charge < -0.3 is 14.6 Å². The smallest absolute Gasteiger partial charge is 0.121 e. The van der Waals surface area contributed by atoms with Gasteiger partial charge in [-0.15, -0.1) is 0 Å². The van der Waals surface area contributed by atoms with Crippen molar-refractivity contribution >= 4 is 11.0 Å². The van der Waals surface area contributed by atoms with Gasteiger partial charge in [0.15, 0.2) is 0 Å². The molecule has 96 valence electrons. The highest BCUT2D eigenvalue weighted by Crippen LogP contribution is 2.27. The van der Waals surface area contributed by atoms with Crippen molar-refractivity contribution in [3.05, 3.63) is 24.0 Å². The van der Waals surface area contributed by atoms with Gasteiger partial charge in [0, 0.05) is 25.6 Å². The first-order valence-electron chi connectivity index (χ1n) is 6.50. The summed E-state index contributed by atoms with van der Waals surface area (Å²) in [7, 11) is 3.79. The first-order valence-corrected chi connectivity index (χ1v) is 6.50. The van der Waals surface area contributed by atoms with Crippen LogP contribution in [0.15, 0.2) is 18.2 Å². The van der Waals surface area contributed by atoms with E-state index in [4.69, 9.17) is 9.72 Å². The molecule has 0 spiro atoms. The molecular weight excluding hydrogens is 226 g/mol. The number of methoxy groups -OCH3 is 1. The van der Waals surface area contributed by atoms with Gasteiger partial charge in [-0.25, -0.2) is 4.98 Å². The van der Waals surface area contributed by atoms with Gasteiger partial charge in [0.1, 0.15) is 11.6 Å². The molecule has 0 bridgehead atoms. The van der Waals surface area contributed by atoms with Crippen molar-refractivity contribution in [1.82, 2.24) is 14.9 Å². The lowest BCUT2D eigenvalue weighted by Gasteiger charge is -2.22. The van der Waals surface area contributed by atoms with Gasteiger partial charge in [-0.05, 0) is 31.5 Å². The number of nitrogens with zero attached hydrogens (tertiary/aromatic N) is 2. The Labute approximate surface area is 107 Å². The Bertz CT molecular complexity index is 555. The van der Waals surface area contributed by atoms with E-state index in [9.17, 15) is 0 Å². The maximum atomic E-state index is 5.26. The lowest BCUT2D eigenvalue weighted by molar-refractivity contribution is 0.415. The summed E-state index contributed by atoms with van der Waals surface area (Å²) >= 11 is 0. The van der Waals surface area contributed by atoms with E-state index in [1.165, 1.54) is 24.2 Å². The molecule has 1 N–H and O–H groups in total. The van der Waals surface area contributed by atoms with Crippen LogP contribution in [0.2, 0.25) is 0 Å². The minimum absolute atomic E-state index is 0.530. The number of aromatic nitrogens is 2. The van der Waals surface area contributed by atoms with Crippen LogP contribution in [-0.4, -0.2) is 29.8 Å². The van der Waals surface area contributed by atoms with E-state index in [0.717, 1.165) is 24.4 Å². The van der Waals surface area contributed by atoms with Crippen molar-refractivity contribution in [3.8, 4) is 5.75 Å². The van der Waals surface area contributed by atoms with Gasteiger partial charge in [0.2, 0.25) is 0 Å². The lowest BCUT2D eigenvalue weighted by Crippen LogP contribution is -2.29. The highest BCUT2D eigenvalue weighted by atomic mass is 16.5. The summed E-state index contributed by atoms with van der Waals surface area (Å²) in [5.74, 6) is 2.58. The van der Waals surface area contributed by atoms with Crippen molar-refractivity contribution in [1.29, 1.82) is 0 Å². The SMILES string of the molecule is COc1ccc2c(c1)nc(C1CCCNC1)n2C. The van der Waals surface area contributed by atoms with Gasteiger partial charge >= 0.3 is 0 Å². The second kappa shape index (κ2) is 4.61. The highest BCUT2D eigenvalue weighted by Gasteiger charge is 2.20. The van der Waals surface area contributed by atoms with Gasteiger partial charge in [-0.2, -0.15) is 0 Å². The maximum absolute atomic E-state index is 5.26. The first-order chi connectivity index (χ1) is 8.79. The van der Waals surface area contributed by atoms with Crippen molar-refractivity contribution in [3.63, 3.8) is 0 Å². The molecule has 1 unspecified atom stereocenters. The zero-order chi connectivity index (χ0) is 12.5. The number of rotatable bonds is 2. The number of hydrogen-bond donors (Lipinski definition) is 1. The number of aryl methyl sites for hydroxylation is 1. The number of ether oxygens (including phenoxy) is 1. The molecule has 1 saturated heterocycles. The normalized spacial score (nSPS) is 20.2. The summed E-state index contributed by atoms with van der Waals surface area (Å²) in [6.07, 6.45) is 2.46. The molecule has 0 aliphatic carbocycles. The van der Waals surface area contributed by atoms with Gasteiger partial charge in [0.05, 0.1) is 18.1 Å². The maximum Gasteiger partial charge on any atom is 0.121 e. The number of benzene rings is 1. The number of fused-ring (bicyclic) bond motifs is 1. The van der Waals surface area contributed by atoms with E-state index < -0.39 is 0 Å². The standard InChI is InChI=1S/C14H19N3O/c1-17-13-6-5-11(18-2)8-12(13)16-14(17)10-4-3-7-15-9-10/h5-6,8,10,15H,3-4,7,9H2,1-2H3. The number of imidazole rings is 1. The molecule has 4 heteroatoms. The second-order valence-corrected chi connectivity index (χ2v) is 4.93. The Morgan fingerprint density at radius 2 is 2.33 bits per heavy atom. The lowest BCUT2D eigenvalue weighted by atomic mass is 9.99. The minimum atomic E-state index is 0.530. The Morgan fingerprint density at radius 1 is 1.44 bits per heavy atom. The zero-order valence-corrected chi connectivity index (χ0v) is 10.9. The second-order valence-electron chi connectivity index (χ2n) is 4.93. The van der Waals surface area contributed by atoms with Crippen molar-refractivity contribution in [2.75, 3.05) is 20.2 Å². The van der Waals surface area contributed by atoms with E-state index in [0.29, 0.717) is 5.92 Å². The monoisotopic (exact) mass is 245 g/mol. The average Bonchev–Trinajstić information content (AvgIpc) is 2.76. The molecule has 0 amide bonds. The summed E-state index contributed by atoms with van der Waals surface area (Å²) in [4.78, 5) is 4.79. The van der Waals surface area contributed by atoms with Crippen LogP contribution in [0.5, 0.6) is 5.75 Å². The summed E-state index contributed by atoms with van der Waals surface area (Å²) in [6, 6.07) is 6.09. The molecule has 1 fully saturated rings. The highest BCUT2D eigenvalue weighted by molar-refractivity contribution is 5.77. The fourth-order valence-corrected chi connectivity index (χ4v) is 2.76. The third-order valence-electron chi connectivity index (χ3n) is 3.78. The molecule has 0 saturated carbocycles. The topological polar surface area (TPSA) is 39.1 Å². The minimum Gasteiger partial charge on any atom is -0.497 e. The Hall–Kier alpha value is -1.55. The van der Waals surface area contributed by atoms with E-state index >= 15 is 0 Å². The zero-order valence-electron chi connectivity index (χ0n) is 10.9. The van der Waals surface area contributed by atoms with E-state index in [1.54, 1.807) is 7.11 Å². The van der Waals surface area contributed by atoms with Crippen LogP contribution in [0.25, 0.3) is 11.0 Å². The molecule has 4 nitrogen and oxygen atoms in total. The molecule has 1 aliphatic rings. The molecule has 1 aromatic carbocycles. The van der Waals surface area contributed by atoms with Gasteiger partial charge in [-0.3, -0.25) is 0 Å². The summed E-state index contributed by atoms with van der Waals surface area (Å²) in [5.41, 5.74) is 2.20. The van der Waals surface area contributed by atoms with Gasteiger partial charge in [-0.1, -0.05) is 0 Å². The Morgan fingerprint density at radius 3 is 3.06 bits per heavy atom. The molecule has 1 aliphatic heterocycles. The molecule has 0 radical (unpaired) electrons. The Kier molecular flexibility index (Phi) is 2.96. The predicted octanol–water partition coefficient (Wildman–Crippen LogP) is 2.05. The van der Waals surface area contributed by atoms with Gasteiger partial charge in [0.25, 0.3) is 0 Å². The van der Waals surface area contributed by atoms with Crippen molar-refractivity contribution in [2.24, 2.45) is 7.05 Å². The summed E-state index contributed by atoms with van der Waals surface area (Å²) in [6.45, 7) is 2.17. The summed E-state index contributed by atoms with van der Waals surface area (Å²) in [5, 5.41) is 3.45. The average molecular weight is 245 g/mol. The van der Waals surface area contributed by atoms with Crippen LogP contribution in [0.3, 0.4) is 0 Å². The summed E-state index contributed by atoms with van der Waals surface area (Å²) < 4.78 is 7.47. The van der Waals surface area contributed by atoms with Crippen LogP contribution in [-0.2, 0) is 7.05 Å². The van der Waals surface area contributed by atoms with Crippen molar-refractivity contribution in [2.45, 2.75) is 18.8 Å². The number of piperidine rings is 1. The molecule has 3 rings (SSSR count). The van der Waals surface area contributed by atoms with Crippen LogP contribution < -0.4 is 10.1 Å². The van der Waals surface area contributed by atoms with Crippen LogP contribution in [0, 0.1) is 0 Å². The first kappa shape index (κ1) is 11.5. The Balaban J connectivity index is 2.04. The predicted molar refractivity (Wildman–Crippen MR) is 72.1 cm³/mol. The molecular formula is C14H19N3O.